The molecule has 2 aromatic heterocycles. The van der Waals surface area contributed by atoms with Crippen molar-refractivity contribution >= 4 is 33.1 Å². The van der Waals surface area contributed by atoms with Crippen LogP contribution in [-0.4, -0.2) is 60.0 Å². The van der Waals surface area contributed by atoms with Gasteiger partial charge in [0.1, 0.15) is 10.7 Å². The number of nitrogens with one attached hydrogen (secondary N) is 2. The van der Waals surface area contributed by atoms with Crippen LogP contribution in [-0.2, 0) is 11.2 Å². The highest BCUT2D eigenvalue weighted by Crippen LogP contribution is 2.25. The number of aryl methyl sites for hydroxylation is 3. The molecule has 0 unspecified atom stereocenters. The largest absolute Gasteiger partial charge is 0.369 e. The van der Waals surface area contributed by atoms with Crippen LogP contribution in [0.3, 0.4) is 0 Å². The molecule has 8 heteroatoms. The van der Waals surface area contributed by atoms with E-state index in [9.17, 15) is 9.59 Å². The maximum atomic E-state index is 12.3. The second-order valence-corrected chi connectivity index (χ2v) is 9.55. The van der Waals surface area contributed by atoms with Crippen LogP contribution in [0.15, 0.2) is 35.1 Å². The fraction of sp³-hybridized carbons (Fsp3) is 0.458. The quantitative estimate of drug-likeness (QED) is 0.513. The number of para-hydroxylation sites is 1. The molecule has 170 valence electrons. The molecule has 0 spiro atoms. The van der Waals surface area contributed by atoms with Gasteiger partial charge in [-0.2, -0.15) is 0 Å². The van der Waals surface area contributed by atoms with Gasteiger partial charge >= 0.3 is 0 Å². The third kappa shape index (κ3) is 5.37. The van der Waals surface area contributed by atoms with E-state index in [1.807, 2.05) is 19.9 Å². The number of nitrogens with zero attached hydrogens (tertiary/aromatic N) is 3. The summed E-state index contributed by atoms with van der Waals surface area (Å²) in [5, 5.41) is 3.67. The highest BCUT2D eigenvalue weighted by Gasteiger charge is 2.17. The number of carbonyl (C=O) groups excluding carboxylic acids is 1. The average molecular weight is 454 g/mol. The number of piperazine rings is 1. The van der Waals surface area contributed by atoms with E-state index in [1.165, 1.54) is 17.0 Å². The Bertz CT molecular complexity index is 1120. The monoisotopic (exact) mass is 453 g/mol. The van der Waals surface area contributed by atoms with E-state index in [2.05, 4.69) is 49.4 Å². The summed E-state index contributed by atoms with van der Waals surface area (Å²) in [7, 11) is 0. The zero-order valence-electron chi connectivity index (χ0n) is 18.8. The molecular formula is C24H31N5O2S. The van der Waals surface area contributed by atoms with Crippen LogP contribution in [0.5, 0.6) is 0 Å². The van der Waals surface area contributed by atoms with Crippen molar-refractivity contribution in [2.24, 2.45) is 0 Å². The summed E-state index contributed by atoms with van der Waals surface area (Å²) in [5.74, 6) is 0.579. The van der Waals surface area contributed by atoms with Gasteiger partial charge in [-0.15, -0.1) is 11.3 Å². The van der Waals surface area contributed by atoms with Crippen molar-refractivity contribution in [3.63, 3.8) is 0 Å². The summed E-state index contributed by atoms with van der Waals surface area (Å²) in [6, 6.07) is 10.5. The molecule has 1 aromatic carbocycles. The molecule has 0 atom stereocenters. The summed E-state index contributed by atoms with van der Waals surface area (Å²) >= 11 is 1.53. The molecule has 0 aliphatic carbocycles. The molecular weight excluding hydrogens is 422 g/mol. The topological polar surface area (TPSA) is 81.3 Å². The minimum atomic E-state index is -0.111. The van der Waals surface area contributed by atoms with Gasteiger partial charge in [0.2, 0.25) is 5.91 Å². The lowest BCUT2D eigenvalue weighted by Gasteiger charge is -2.36. The summed E-state index contributed by atoms with van der Waals surface area (Å²) < 4.78 is 0. The fourth-order valence-corrected chi connectivity index (χ4v) is 5.19. The molecule has 0 radical (unpaired) electrons. The zero-order chi connectivity index (χ0) is 22.5. The zero-order valence-corrected chi connectivity index (χ0v) is 19.6. The Morgan fingerprint density at radius 1 is 1.16 bits per heavy atom. The van der Waals surface area contributed by atoms with E-state index < -0.39 is 0 Å². The number of benzene rings is 1. The minimum Gasteiger partial charge on any atom is -0.369 e. The number of thiophene rings is 1. The maximum absolute atomic E-state index is 12.3. The number of rotatable bonds is 8. The molecule has 1 saturated heterocycles. The van der Waals surface area contributed by atoms with Gasteiger partial charge in [-0.25, -0.2) is 4.98 Å². The molecule has 0 bridgehead atoms. The van der Waals surface area contributed by atoms with Crippen LogP contribution in [0, 0.1) is 13.8 Å². The number of fused-ring (bicyclic) bond motifs is 1. The van der Waals surface area contributed by atoms with Gasteiger partial charge in [-0.1, -0.05) is 18.2 Å². The van der Waals surface area contributed by atoms with Crippen LogP contribution >= 0.6 is 11.3 Å². The van der Waals surface area contributed by atoms with E-state index in [0.29, 0.717) is 30.6 Å². The van der Waals surface area contributed by atoms with E-state index in [1.54, 1.807) is 0 Å². The van der Waals surface area contributed by atoms with Crippen molar-refractivity contribution in [2.75, 3.05) is 44.2 Å². The standard InChI is InChI=1S/C24H31N5O2S/c1-17-18(2)32-24-22(17)23(31)26-20(27-24)9-10-21(30)25-11-6-12-28-13-15-29(16-14-28)19-7-4-3-5-8-19/h3-5,7-8H,6,9-16H2,1-2H3,(H,25,30)(H,26,27,31). The number of anilines is 1. The van der Waals surface area contributed by atoms with Crippen molar-refractivity contribution in [3.8, 4) is 0 Å². The number of hydrogen-bond donors (Lipinski definition) is 2. The van der Waals surface area contributed by atoms with Gasteiger partial charge in [0.25, 0.3) is 5.56 Å². The van der Waals surface area contributed by atoms with Gasteiger partial charge in [0, 0.05) is 56.1 Å². The first kappa shape index (κ1) is 22.5. The number of aromatic amines is 1. The summed E-state index contributed by atoms with van der Waals surface area (Å²) in [6.45, 7) is 9.77. The lowest BCUT2D eigenvalue weighted by molar-refractivity contribution is -0.121. The van der Waals surface area contributed by atoms with Crippen molar-refractivity contribution < 1.29 is 4.79 Å². The molecule has 3 aromatic rings. The molecule has 1 amide bonds. The van der Waals surface area contributed by atoms with Gasteiger partial charge in [-0.05, 0) is 44.5 Å². The Morgan fingerprint density at radius 3 is 2.66 bits per heavy atom. The smallest absolute Gasteiger partial charge is 0.259 e. The van der Waals surface area contributed by atoms with Crippen molar-refractivity contribution in [2.45, 2.75) is 33.1 Å². The highest BCUT2D eigenvalue weighted by molar-refractivity contribution is 7.18. The van der Waals surface area contributed by atoms with Gasteiger partial charge in [-0.3, -0.25) is 14.5 Å². The van der Waals surface area contributed by atoms with Crippen molar-refractivity contribution in [1.82, 2.24) is 20.2 Å². The van der Waals surface area contributed by atoms with E-state index in [0.717, 1.165) is 54.4 Å². The van der Waals surface area contributed by atoms with Crippen LogP contribution in [0.2, 0.25) is 0 Å². The molecule has 4 rings (SSSR count). The predicted molar refractivity (Wildman–Crippen MR) is 131 cm³/mol. The summed E-state index contributed by atoms with van der Waals surface area (Å²) in [6.07, 6.45) is 1.70. The molecule has 1 fully saturated rings. The van der Waals surface area contributed by atoms with E-state index in [4.69, 9.17) is 0 Å². The first-order valence-electron chi connectivity index (χ1n) is 11.3. The first-order chi connectivity index (χ1) is 15.5. The Labute approximate surface area is 192 Å². The first-order valence-corrected chi connectivity index (χ1v) is 12.1. The minimum absolute atomic E-state index is 0.000170. The van der Waals surface area contributed by atoms with Crippen LogP contribution in [0.1, 0.15) is 29.1 Å². The Kier molecular flexibility index (Phi) is 7.22. The predicted octanol–water partition coefficient (Wildman–Crippen LogP) is 2.86. The Hall–Kier alpha value is -2.71. The van der Waals surface area contributed by atoms with Crippen molar-refractivity contribution in [1.29, 1.82) is 0 Å². The SMILES string of the molecule is Cc1sc2nc(CCC(=O)NCCCN3CCN(c4ccccc4)CC3)[nH]c(=O)c2c1C. The molecule has 1 aliphatic rings. The summed E-state index contributed by atoms with van der Waals surface area (Å²) in [5.41, 5.74) is 2.17. The third-order valence-electron chi connectivity index (χ3n) is 6.14. The molecule has 7 nitrogen and oxygen atoms in total. The number of carbonyl (C=O) groups is 1. The summed E-state index contributed by atoms with van der Waals surface area (Å²) in [4.78, 5) is 38.7. The molecule has 0 saturated carbocycles. The van der Waals surface area contributed by atoms with Crippen molar-refractivity contribution in [3.05, 3.63) is 57.0 Å². The number of H-pyrrole nitrogens is 1. The van der Waals surface area contributed by atoms with Crippen LogP contribution in [0.25, 0.3) is 10.2 Å². The highest BCUT2D eigenvalue weighted by atomic mass is 32.1. The normalized spacial score (nSPS) is 14.8. The molecule has 32 heavy (non-hydrogen) atoms. The number of amides is 1. The van der Waals surface area contributed by atoms with Gasteiger partial charge in [0.15, 0.2) is 0 Å². The maximum Gasteiger partial charge on any atom is 0.259 e. The Morgan fingerprint density at radius 2 is 1.91 bits per heavy atom. The van der Waals surface area contributed by atoms with Gasteiger partial charge in [0.05, 0.1) is 5.39 Å². The molecule has 2 N–H and O–H groups in total. The average Bonchev–Trinajstić information content (AvgIpc) is 3.10. The second kappa shape index (κ2) is 10.3. The number of hydrogen-bond acceptors (Lipinski definition) is 6. The molecule has 1 aliphatic heterocycles. The fourth-order valence-electron chi connectivity index (χ4n) is 4.14. The lowest BCUT2D eigenvalue weighted by atomic mass is 10.2. The van der Waals surface area contributed by atoms with E-state index >= 15 is 0 Å². The molecule has 3 heterocycles. The second-order valence-electron chi connectivity index (χ2n) is 8.34. The van der Waals surface area contributed by atoms with E-state index in [-0.39, 0.29) is 11.5 Å². The van der Waals surface area contributed by atoms with Crippen LogP contribution < -0.4 is 15.8 Å². The van der Waals surface area contributed by atoms with Crippen LogP contribution in [0.4, 0.5) is 5.69 Å². The third-order valence-corrected chi connectivity index (χ3v) is 7.25. The number of aromatic nitrogens is 2. The van der Waals surface area contributed by atoms with Gasteiger partial charge < -0.3 is 15.2 Å². The Balaban J connectivity index is 1.15. The lowest BCUT2D eigenvalue weighted by Crippen LogP contribution is -2.47.